The number of aliphatic hydroxyl groups is 2. The summed E-state index contributed by atoms with van der Waals surface area (Å²) >= 11 is 0. The Balaban J connectivity index is 1.40. The number of fused-ring (bicyclic) bond motifs is 1. The fourth-order valence-corrected chi connectivity index (χ4v) is 4.39. The molecule has 6 heteroatoms. The molecule has 2 atom stereocenters. The number of rotatable bonds is 5. The van der Waals surface area contributed by atoms with E-state index in [1.54, 1.807) is 14.2 Å². The molecular weight excluding hydrogens is 370 g/mol. The van der Waals surface area contributed by atoms with E-state index in [1.165, 1.54) is 0 Å². The Kier molecular flexibility index (Phi) is 5.67. The molecule has 2 aromatic rings. The molecule has 6 nitrogen and oxygen atoms in total. The second-order valence-corrected chi connectivity index (χ2v) is 8.00. The number of β-amino-alcohol motifs (C(OH)–C–C–N with tert-alkyl or cyclic N) is 1. The fourth-order valence-electron chi connectivity index (χ4n) is 4.39. The Hall–Kier alpha value is -2.28. The summed E-state index contributed by atoms with van der Waals surface area (Å²) in [6.45, 7) is 2.19. The summed E-state index contributed by atoms with van der Waals surface area (Å²) in [6, 6.07) is 13.2. The molecule has 1 fully saturated rings. The zero-order valence-corrected chi connectivity index (χ0v) is 17.0. The van der Waals surface area contributed by atoms with Crippen molar-refractivity contribution >= 4 is 0 Å². The maximum Gasteiger partial charge on any atom is 0.129 e. The number of methoxy groups -OCH3 is 2. The quantitative estimate of drug-likeness (QED) is 0.805. The van der Waals surface area contributed by atoms with Gasteiger partial charge in [-0.2, -0.15) is 0 Å². The Bertz CT molecular complexity index is 847. The lowest BCUT2D eigenvalue weighted by molar-refractivity contribution is -0.0588. The summed E-state index contributed by atoms with van der Waals surface area (Å²) in [6.07, 6.45) is 1.12. The van der Waals surface area contributed by atoms with Crippen LogP contribution in [0.1, 0.15) is 42.6 Å². The molecule has 0 aliphatic carbocycles. The van der Waals surface area contributed by atoms with E-state index in [-0.39, 0.29) is 5.60 Å². The number of aliphatic hydroxyl groups excluding tert-OH is 2. The van der Waals surface area contributed by atoms with Crippen LogP contribution in [0.15, 0.2) is 42.5 Å². The van der Waals surface area contributed by atoms with Crippen LogP contribution >= 0.6 is 0 Å². The van der Waals surface area contributed by atoms with Gasteiger partial charge in [-0.05, 0) is 42.7 Å². The third-order valence-electron chi connectivity index (χ3n) is 6.15. The first kappa shape index (κ1) is 20.0. The van der Waals surface area contributed by atoms with Crippen molar-refractivity contribution in [3.05, 3.63) is 53.6 Å². The molecule has 0 saturated carbocycles. The van der Waals surface area contributed by atoms with Crippen LogP contribution in [0.5, 0.6) is 17.2 Å². The first-order valence-electron chi connectivity index (χ1n) is 10.1. The highest BCUT2D eigenvalue weighted by Crippen LogP contribution is 2.45. The second-order valence-electron chi connectivity index (χ2n) is 8.00. The maximum absolute atomic E-state index is 10.7. The lowest BCUT2D eigenvalue weighted by Gasteiger charge is -2.46. The van der Waals surface area contributed by atoms with Crippen LogP contribution in [-0.4, -0.2) is 54.6 Å². The summed E-state index contributed by atoms with van der Waals surface area (Å²) in [5, 5.41) is 21.3. The molecule has 1 saturated heterocycles. The van der Waals surface area contributed by atoms with Crippen molar-refractivity contribution in [1.82, 2.24) is 4.90 Å². The summed E-state index contributed by atoms with van der Waals surface area (Å²) in [7, 11) is 3.25. The molecule has 0 aromatic heterocycles. The third kappa shape index (κ3) is 4.20. The predicted molar refractivity (Wildman–Crippen MR) is 110 cm³/mol. The van der Waals surface area contributed by atoms with Crippen molar-refractivity contribution in [2.75, 3.05) is 33.9 Å². The summed E-state index contributed by atoms with van der Waals surface area (Å²) in [4.78, 5) is 2.26. The SMILES string of the molecule is COc1cccc([C@H](O)CN2CCC3(CC2)C[C@@H](O)c2ccc(OC)cc2O3)c1. The number of nitrogens with zero attached hydrogens (tertiary/aromatic N) is 1. The highest BCUT2D eigenvalue weighted by molar-refractivity contribution is 5.44. The van der Waals surface area contributed by atoms with Crippen LogP contribution < -0.4 is 14.2 Å². The lowest BCUT2D eigenvalue weighted by atomic mass is 9.81. The summed E-state index contributed by atoms with van der Waals surface area (Å²) in [5.74, 6) is 2.19. The Morgan fingerprint density at radius 3 is 2.55 bits per heavy atom. The van der Waals surface area contributed by atoms with E-state index in [4.69, 9.17) is 14.2 Å². The van der Waals surface area contributed by atoms with E-state index in [1.807, 2.05) is 42.5 Å². The van der Waals surface area contributed by atoms with Crippen molar-refractivity contribution in [1.29, 1.82) is 0 Å². The topological polar surface area (TPSA) is 71.4 Å². The minimum absolute atomic E-state index is 0.365. The van der Waals surface area contributed by atoms with Crippen LogP contribution in [0, 0.1) is 0 Å². The van der Waals surface area contributed by atoms with E-state index >= 15 is 0 Å². The molecule has 2 heterocycles. The van der Waals surface area contributed by atoms with Crippen LogP contribution in [0.2, 0.25) is 0 Å². The largest absolute Gasteiger partial charge is 0.497 e. The second kappa shape index (κ2) is 8.22. The van der Waals surface area contributed by atoms with E-state index in [0.29, 0.717) is 18.7 Å². The molecule has 29 heavy (non-hydrogen) atoms. The van der Waals surface area contributed by atoms with Gasteiger partial charge in [0.15, 0.2) is 0 Å². The molecule has 4 rings (SSSR count). The van der Waals surface area contributed by atoms with Crippen molar-refractivity contribution in [2.45, 2.75) is 37.1 Å². The molecule has 156 valence electrons. The molecule has 2 N–H and O–H groups in total. The van der Waals surface area contributed by atoms with E-state index in [2.05, 4.69) is 4.90 Å². The van der Waals surface area contributed by atoms with Gasteiger partial charge in [0.1, 0.15) is 22.8 Å². The van der Waals surface area contributed by atoms with Crippen molar-refractivity contribution < 1.29 is 24.4 Å². The van der Waals surface area contributed by atoms with Gasteiger partial charge < -0.3 is 29.3 Å². The Morgan fingerprint density at radius 2 is 1.83 bits per heavy atom. The number of hydrogen-bond donors (Lipinski definition) is 2. The van der Waals surface area contributed by atoms with Crippen LogP contribution in [-0.2, 0) is 0 Å². The van der Waals surface area contributed by atoms with Crippen LogP contribution in [0.4, 0.5) is 0 Å². The number of ether oxygens (including phenoxy) is 3. The van der Waals surface area contributed by atoms with Crippen molar-refractivity contribution in [2.24, 2.45) is 0 Å². The average molecular weight is 399 g/mol. The number of hydrogen-bond acceptors (Lipinski definition) is 6. The van der Waals surface area contributed by atoms with E-state index in [9.17, 15) is 10.2 Å². The highest BCUT2D eigenvalue weighted by Gasteiger charge is 2.43. The highest BCUT2D eigenvalue weighted by atomic mass is 16.5. The molecule has 2 aliphatic rings. The molecule has 0 unspecified atom stereocenters. The number of likely N-dealkylation sites (tertiary alicyclic amines) is 1. The molecule has 0 radical (unpaired) electrons. The fraction of sp³-hybridized carbons (Fsp3) is 0.478. The van der Waals surface area contributed by atoms with Crippen molar-refractivity contribution in [3.63, 3.8) is 0 Å². The lowest BCUT2D eigenvalue weighted by Crippen LogP contribution is -2.51. The first-order chi connectivity index (χ1) is 14.0. The average Bonchev–Trinajstić information content (AvgIpc) is 2.75. The third-order valence-corrected chi connectivity index (χ3v) is 6.15. The summed E-state index contributed by atoms with van der Waals surface area (Å²) in [5.41, 5.74) is 1.32. The Labute approximate surface area is 171 Å². The monoisotopic (exact) mass is 399 g/mol. The molecule has 0 bridgehead atoms. The maximum atomic E-state index is 10.7. The normalized spacial score (nSPS) is 21.9. The zero-order valence-electron chi connectivity index (χ0n) is 17.0. The molecular formula is C23H29NO5. The van der Waals surface area contributed by atoms with E-state index < -0.39 is 12.2 Å². The van der Waals surface area contributed by atoms with Gasteiger partial charge in [0.25, 0.3) is 0 Å². The number of benzene rings is 2. The van der Waals surface area contributed by atoms with E-state index in [0.717, 1.165) is 48.6 Å². The zero-order chi connectivity index (χ0) is 20.4. The van der Waals surface area contributed by atoms with Crippen molar-refractivity contribution in [3.8, 4) is 17.2 Å². The van der Waals surface area contributed by atoms with Gasteiger partial charge in [-0.25, -0.2) is 0 Å². The minimum atomic E-state index is -0.568. The van der Waals surface area contributed by atoms with Gasteiger partial charge in [0, 0.05) is 37.7 Å². The van der Waals surface area contributed by atoms with Gasteiger partial charge in [-0.1, -0.05) is 12.1 Å². The van der Waals surface area contributed by atoms with Gasteiger partial charge in [0.2, 0.25) is 0 Å². The predicted octanol–water partition coefficient (Wildman–Crippen LogP) is 3.09. The van der Waals surface area contributed by atoms with Gasteiger partial charge in [0.05, 0.1) is 26.4 Å². The molecule has 2 aromatic carbocycles. The smallest absolute Gasteiger partial charge is 0.129 e. The van der Waals surface area contributed by atoms with Gasteiger partial charge >= 0.3 is 0 Å². The molecule has 1 spiro atoms. The Morgan fingerprint density at radius 1 is 1.10 bits per heavy atom. The van der Waals surface area contributed by atoms with Gasteiger partial charge in [-0.15, -0.1) is 0 Å². The summed E-state index contributed by atoms with van der Waals surface area (Å²) < 4.78 is 17.0. The molecule has 0 amide bonds. The number of piperidine rings is 1. The van der Waals surface area contributed by atoms with Crippen LogP contribution in [0.25, 0.3) is 0 Å². The minimum Gasteiger partial charge on any atom is -0.497 e. The van der Waals surface area contributed by atoms with Gasteiger partial charge in [-0.3, -0.25) is 0 Å². The molecule has 2 aliphatic heterocycles. The standard InChI is InChI=1S/C23H29NO5/c1-27-17-5-3-4-16(12-17)21(26)15-24-10-8-23(9-11-24)14-20(25)19-7-6-18(28-2)13-22(19)29-23/h3-7,12-13,20-21,25-26H,8-11,14-15H2,1-2H3/t20-,21-/m1/s1. The van der Waals surface area contributed by atoms with Crippen LogP contribution in [0.3, 0.4) is 0 Å². The first-order valence-corrected chi connectivity index (χ1v) is 10.1.